The second-order valence-corrected chi connectivity index (χ2v) is 6.70. The standard InChI is InChI=1S/C20H25N5O2/c21-20(24-17-6-10-27-18-4-2-1-3-16(17)18)23-14-15-5-7-22-19(13-15)25-8-11-26-12-9-25/h1-5,7,13,17H,6,8-12,14H2,(H3,21,23,24). The molecule has 1 aromatic heterocycles. The lowest BCUT2D eigenvalue weighted by molar-refractivity contribution is 0.122. The summed E-state index contributed by atoms with van der Waals surface area (Å²) >= 11 is 0. The fraction of sp³-hybridized carbons (Fsp3) is 0.400. The van der Waals surface area contributed by atoms with Crippen LogP contribution in [0.2, 0.25) is 0 Å². The van der Waals surface area contributed by atoms with E-state index in [1.165, 1.54) is 0 Å². The minimum atomic E-state index is 0.125. The maximum absolute atomic E-state index is 6.15. The van der Waals surface area contributed by atoms with Crippen molar-refractivity contribution in [3.8, 4) is 5.75 Å². The second kappa shape index (κ2) is 8.26. The summed E-state index contributed by atoms with van der Waals surface area (Å²) in [6.45, 7) is 4.42. The summed E-state index contributed by atoms with van der Waals surface area (Å²) in [5.74, 6) is 2.33. The van der Waals surface area contributed by atoms with Crippen LogP contribution in [-0.2, 0) is 11.3 Å². The van der Waals surface area contributed by atoms with Gasteiger partial charge in [0, 0.05) is 31.3 Å². The molecular weight excluding hydrogens is 342 g/mol. The second-order valence-electron chi connectivity index (χ2n) is 6.70. The van der Waals surface area contributed by atoms with Crippen molar-refractivity contribution in [2.75, 3.05) is 37.8 Å². The van der Waals surface area contributed by atoms with E-state index in [2.05, 4.69) is 32.3 Å². The maximum atomic E-state index is 6.15. The molecule has 1 aromatic carbocycles. The third kappa shape index (κ3) is 4.31. The summed E-state index contributed by atoms with van der Waals surface area (Å²) in [6.07, 6.45) is 2.69. The largest absolute Gasteiger partial charge is 0.493 e. The third-order valence-corrected chi connectivity index (χ3v) is 4.86. The number of guanidine groups is 1. The quantitative estimate of drug-likeness (QED) is 0.634. The van der Waals surface area contributed by atoms with E-state index < -0.39 is 0 Å². The molecule has 7 nitrogen and oxygen atoms in total. The van der Waals surface area contributed by atoms with Gasteiger partial charge in [0.15, 0.2) is 5.96 Å². The molecule has 1 unspecified atom stereocenters. The molecule has 2 aliphatic rings. The summed E-state index contributed by atoms with van der Waals surface area (Å²) < 4.78 is 11.1. The zero-order chi connectivity index (χ0) is 18.5. The average Bonchev–Trinajstić information content (AvgIpc) is 2.73. The zero-order valence-electron chi connectivity index (χ0n) is 15.3. The Kier molecular flexibility index (Phi) is 5.39. The van der Waals surface area contributed by atoms with Gasteiger partial charge in [0.2, 0.25) is 0 Å². The molecular formula is C20H25N5O2. The van der Waals surface area contributed by atoms with Gasteiger partial charge in [-0.2, -0.15) is 0 Å². The molecule has 1 atom stereocenters. The normalized spacial score (nSPS) is 19.9. The number of aliphatic imine (C=N–C) groups is 1. The molecule has 0 bridgehead atoms. The number of anilines is 1. The minimum absolute atomic E-state index is 0.125. The number of nitrogens with two attached hydrogens (primary N) is 1. The third-order valence-electron chi connectivity index (χ3n) is 4.86. The summed E-state index contributed by atoms with van der Waals surface area (Å²) in [7, 11) is 0. The molecule has 0 amide bonds. The Labute approximate surface area is 159 Å². The Bertz CT molecular complexity index is 804. The molecule has 0 saturated carbocycles. The summed E-state index contributed by atoms with van der Waals surface area (Å²) in [5, 5.41) is 3.33. The SMILES string of the molecule is NC(=NCc1ccnc(N2CCOCC2)c1)NC1CCOc2ccccc21. The molecule has 142 valence electrons. The van der Waals surface area contributed by atoms with Crippen molar-refractivity contribution in [2.24, 2.45) is 10.7 Å². The number of rotatable bonds is 4. The van der Waals surface area contributed by atoms with Crippen molar-refractivity contribution < 1.29 is 9.47 Å². The number of hydrogen-bond acceptors (Lipinski definition) is 5. The summed E-state index contributed by atoms with van der Waals surface area (Å²) in [4.78, 5) is 11.2. The van der Waals surface area contributed by atoms with Gasteiger partial charge in [-0.25, -0.2) is 9.98 Å². The number of fused-ring (bicyclic) bond motifs is 1. The first-order chi connectivity index (χ1) is 13.3. The Hall–Kier alpha value is -2.80. The van der Waals surface area contributed by atoms with Crippen molar-refractivity contribution in [3.05, 3.63) is 53.7 Å². The van der Waals surface area contributed by atoms with Crippen LogP contribution in [-0.4, -0.2) is 43.9 Å². The van der Waals surface area contributed by atoms with E-state index in [9.17, 15) is 0 Å². The van der Waals surface area contributed by atoms with E-state index in [1.807, 2.05) is 30.5 Å². The van der Waals surface area contributed by atoms with E-state index in [4.69, 9.17) is 15.2 Å². The highest BCUT2D eigenvalue weighted by atomic mass is 16.5. The van der Waals surface area contributed by atoms with Crippen LogP contribution in [0.15, 0.2) is 47.6 Å². The highest BCUT2D eigenvalue weighted by Gasteiger charge is 2.21. The lowest BCUT2D eigenvalue weighted by atomic mass is 10.0. The Morgan fingerprint density at radius 1 is 1.22 bits per heavy atom. The average molecular weight is 367 g/mol. The number of pyridine rings is 1. The predicted molar refractivity (Wildman–Crippen MR) is 105 cm³/mol. The van der Waals surface area contributed by atoms with E-state index in [1.54, 1.807) is 0 Å². The molecule has 0 aliphatic carbocycles. The van der Waals surface area contributed by atoms with Gasteiger partial charge in [0.05, 0.1) is 32.4 Å². The lowest BCUT2D eigenvalue weighted by Gasteiger charge is -2.28. The van der Waals surface area contributed by atoms with Gasteiger partial charge in [-0.15, -0.1) is 0 Å². The highest BCUT2D eigenvalue weighted by molar-refractivity contribution is 5.78. The van der Waals surface area contributed by atoms with Crippen molar-refractivity contribution in [1.29, 1.82) is 0 Å². The van der Waals surface area contributed by atoms with Gasteiger partial charge in [-0.05, 0) is 23.8 Å². The van der Waals surface area contributed by atoms with E-state index in [-0.39, 0.29) is 6.04 Å². The Balaban J connectivity index is 1.40. The smallest absolute Gasteiger partial charge is 0.189 e. The van der Waals surface area contributed by atoms with E-state index in [0.717, 1.165) is 55.4 Å². The number of nitrogens with one attached hydrogen (secondary N) is 1. The number of nitrogens with zero attached hydrogens (tertiary/aromatic N) is 3. The van der Waals surface area contributed by atoms with Gasteiger partial charge in [-0.3, -0.25) is 0 Å². The molecule has 27 heavy (non-hydrogen) atoms. The lowest BCUT2D eigenvalue weighted by Crippen LogP contribution is -2.37. The first-order valence-electron chi connectivity index (χ1n) is 9.35. The minimum Gasteiger partial charge on any atom is -0.493 e. The van der Waals surface area contributed by atoms with E-state index in [0.29, 0.717) is 19.1 Å². The first-order valence-corrected chi connectivity index (χ1v) is 9.35. The molecule has 0 spiro atoms. The van der Waals surface area contributed by atoms with Crippen LogP contribution < -0.4 is 20.7 Å². The van der Waals surface area contributed by atoms with Gasteiger partial charge in [0.25, 0.3) is 0 Å². The number of benzene rings is 1. The van der Waals surface area contributed by atoms with Crippen molar-refractivity contribution >= 4 is 11.8 Å². The molecule has 1 saturated heterocycles. The fourth-order valence-corrected chi connectivity index (χ4v) is 3.42. The van der Waals surface area contributed by atoms with Gasteiger partial charge < -0.3 is 25.4 Å². The Morgan fingerprint density at radius 2 is 2.07 bits per heavy atom. The topological polar surface area (TPSA) is 85.0 Å². The summed E-state index contributed by atoms with van der Waals surface area (Å²) in [5.41, 5.74) is 8.36. The fourth-order valence-electron chi connectivity index (χ4n) is 3.42. The van der Waals surface area contributed by atoms with Crippen LogP contribution in [0.4, 0.5) is 5.82 Å². The van der Waals surface area contributed by atoms with Crippen molar-refractivity contribution in [1.82, 2.24) is 10.3 Å². The predicted octanol–water partition coefficient (Wildman–Crippen LogP) is 1.85. The van der Waals surface area contributed by atoms with Gasteiger partial charge in [-0.1, -0.05) is 18.2 Å². The molecule has 2 aromatic rings. The van der Waals surface area contributed by atoms with Gasteiger partial charge >= 0.3 is 0 Å². The molecule has 2 aliphatic heterocycles. The number of morpholine rings is 1. The molecule has 3 heterocycles. The number of aromatic nitrogens is 1. The number of hydrogen-bond donors (Lipinski definition) is 2. The van der Waals surface area contributed by atoms with Crippen LogP contribution in [0.5, 0.6) is 5.75 Å². The maximum Gasteiger partial charge on any atom is 0.189 e. The molecule has 3 N–H and O–H groups in total. The monoisotopic (exact) mass is 367 g/mol. The molecule has 4 rings (SSSR count). The van der Waals surface area contributed by atoms with Crippen LogP contribution in [0.3, 0.4) is 0 Å². The number of para-hydroxylation sites is 1. The van der Waals surface area contributed by atoms with E-state index >= 15 is 0 Å². The van der Waals surface area contributed by atoms with Crippen LogP contribution >= 0.6 is 0 Å². The molecule has 0 radical (unpaired) electrons. The summed E-state index contributed by atoms with van der Waals surface area (Å²) in [6, 6.07) is 12.2. The highest BCUT2D eigenvalue weighted by Crippen LogP contribution is 2.31. The molecule has 1 fully saturated rings. The van der Waals surface area contributed by atoms with Gasteiger partial charge in [0.1, 0.15) is 11.6 Å². The number of ether oxygens (including phenoxy) is 2. The van der Waals surface area contributed by atoms with Crippen LogP contribution in [0, 0.1) is 0 Å². The van der Waals surface area contributed by atoms with Crippen molar-refractivity contribution in [3.63, 3.8) is 0 Å². The van der Waals surface area contributed by atoms with Crippen LogP contribution in [0.1, 0.15) is 23.6 Å². The Morgan fingerprint density at radius 3 is 2.96 bits per heavy atom. The van der Waals surface area contributed by atoms with Crippen LogP contribution in [0.25, 0.3) is 0 Å². The molecule has 7 heteroatoms. The first kappa shape index (κ1) is 17.6. The zero-order valence-corrected chi connectivity index (χ0v) is 15.3. The van der Waals surface area contributed by atoms with Crippen molar-refractivity contribution in [2.45, 2.75) is 19.0 Å².